The van der Waals surface area contributed by atoms with Gasteiger partial charge in [-0.2, -0.15) is 0 Å². The van der Waals surface area contributed by atoms with E-state index in [0.29, 0.717) is 22.5 Å². The zero-order valence-electron chi connectivity index (χ0n) is 12.7. The van der Waals surface area contributed by atoms with Crippen molar-refractivity contribution in [3.63, 3.8) is 0 Å². The molecule has 3 aromatic rings. The summed E-state index contributed by atoms with van der Waals surface area (Å²) < 4.78 is 17.3. The van der Waals surface area contributed by atoms with Crippen molar-refractivity contribution >= 4 is 11.8 Å². The number of nitrogens with two attached hydrogens (primary N) is 1. The van der Waals surface area contributed by atoms with E-state index in [0.717, 1.165) is 17.1 Å². The van der Waals surface area contributed by atoms with Crippen molar-refractivity contribution in [3.05, 3.63) is 42.2 Å². The highest BCUT2D eigenvalue weighted by molar-refractivity contribution is 7.98. The summed E-state index contributed by atoms with van der Waals surface area (Å²) in [5.41, 5.74) is 0.986. The summed E-state index contributed by atoms with van der Waals surface area (Å²) in [4.78, 5) is 0. The highest BCUT2D eigenvalue weighted by Gasteiger charge is 2.15. The molecular weight excluding hydrogens is 316 g/mol. The van der Waals surface area contributed by atoms with Gasteiger partial charge in [0.1, 0.15) is 11.5 Å². The van der Waals surface area contributed by atoms with Gasteiger partial charge in [-0.15, -0.1) is 10.2 Å². The van der Waals surface area contributed by atoms with Crippen molar-refractivity contribution in [1.29, 1.82) is 0 Å². The SMILES string of the molecule is COc1ccc(OC)c(CSc2nnc(-c3ccco3)n2N)c1. The largest absolute Gasteiger partial charge is 0.497 e. The minimum Gasteiger partial charge on any atom is -0.497 e. The highest BCUT2D eigenvalue weighted by atomic mass is 32.2. The minimum absolute atomic E-state index is 0.482. The highest BCUT2D eigenvalue weighted by Crippen LogP contribution is 2.30. The van der Waals surface area contributed by atoms with Crippen molar-refractivity contribution in [1.82, 2.24) is 14.9 Å². The lowest BCUT2D eigenvalue weighted by molar-refractivity contribution is 0.400. The molecule has 0 fully saturated rings. The molecule has 0 radical (unpaired) electrons. The van der Waals surface area contributed by atoms with Crippen LogP contribution in [0.5, 0.6) is 11.5 Å². The summed E-state index contributed by atoms with van der Waals surface area (Å²) in [5, 5.41) is 8.75. The Kier molecular flexibility index (Phi) is 4.42. The van der Waals surface area contributed by atoms with Crippen LogP contribution in [0.2, 0.25) is 0 Å². The van der Waals surface area contributed by atoms with E-state index in [4.69, 9.17) is 19.7 Å². The van der Waals surface area contributed by atoms with Crippen molar-refractivity contribution in [3.8, 4) is 23.1 Å². The average molecular weight is 332 g/mol. The van der Waals surface area contributed by atoms with Crippen molar-refractivity contribution in [2.24, 2.45) is 0 Å². The Morgan fingerprint density at radius 2 is 2.09 bits per heavy atom. The summed E-state index contributed by atoms with van der Waals surface area (Å²) in [7, 11) is 3.27. The number of hydrogen-bond acceptors (Lipinski definition) is 7. The first-order chi connectivity index (χ1) is 11.2. The number of hydrogen-bond donors (Lipinski definition) is 1. The summed E-state index contributed by atoms with van der Waals surface area (Å²) in [6, 6.07) is 9.21. The fraction of sp³-hybridized carbons (Fsp3) is 0.200. The summed E-state index contributed by atoms with van der Waals surface area (Å²) in [5.74, 6) is 9.27. The van der Waals surface area contributed by atoms with E-state index in [1.54, 1.807) is 32.6 Å². The molecule has 8 heteroatoms. The van der Waals surface area contributed by atoms with E-state index in [1.807, 2.05) is 18.2 Å². The molecule has 0 bridgehead atoms. The zero-order chi connectivity index (χ0) is 16.2. The third-order valence-corrected chi connectivity index (χ3v) is 4.24. The first-order valence-electron chi connectivity index (χ1n) is 6.81. The molecule has 2 aromatic heterocycles. The lowest BCUT2D eigenvalue weighted by Gasteiger charge is -2.10. The van der Waals surface area contributed by atoms with E-state index in [1.165, 1.54) is 16.4 Å². The van der Waals surface area contributed by atoms with Crippen LogP contribution in [0.15, 0.2) is 46.2 Å². The molecule has 0 unspecified atom stereocenters. The maximum absolute atomic E-state index is 6.04. The number of methoxy groups -OCH3 is 2. The van der Waals surface area contributed by atoms with E-state index in [-0.39, 0.29) is 0 Å². The van der Waals surface area contributed by atoms with Crippen molar-refractivity contribution in [2.75, 3.05) is 20.1 Å². The van der Waals surface area contributed by atoms with Gasteiger partial charge in [0.25, 0.3) is 0 Å². The molecule has 0 spiro atoms. The summed E-state index contributed by atoms with van der Waals surface area (Å²) in [6.45, 7) is 0. The Balaban J connectivity index is 1.79. The van der Waals surface area contributed by atoms with Crippen LogP contribution in [0.25, 0.3) is 11.6 Å². The number of thioether (sulfide) groups is 1. The second-order valence-corrected chi connectivity index (χ2v) is 5.56. The van der Waals surface area contributed by atoms with Crippen LogP contribution in [-0.4, -0.2) is 29.1 Å². The maximum Gasteiger partial charge on any atom is 0.218 e. The molecular formula is C15H16N4O3S. The van der Waals surface area contributed by atoms with Gasteiger partial charge < -0.3 is 19.7 Å². The average Bonchev–Trinajstić information content (AvgIpc) is 3.22. The normalized spacial score (nSPS) is 10.7. The van der Waals surface area contributed by atoms with Gasteiger partial charge >= 0.3 is 0 Å². The fourth-order valence-electron chi connectivity index (χ4n) is 2.09. The smallest absolute Gasteiger partial charge is 0.218 e. The van der Waals surface area contributed by atoms with Crippen LogP contribution in [-0.2, 0) is 5.75 Å². The number of ether oxygens (including phenoxy) is 2. The number of rotatable bonds is 6. The Labute approximate surface area is 137 Å². The molecule has 3 rings (SSSR count). The molecule has 7 nitrogen and oxygen atoms in total. The predicted octanol–water partition coefficient (Wildman–Crippen LogP) is 2.56. The van der Waals surface area contributed by atoms with Crippen molar-refractivity contribution < 1.29 is 13.9 Å². The number of aromatic nitrogens is 3. The van der Waals surface area contributed by atoms with Gasteiger partial charge in [0.15, 0.2) is 5.76 Å². The van der Waals surface area contributed by atoms with Gasteiger partial charge in [-0.25, -0.2) is 4.68 Å². The molecule has 2 N–H and O–H groups in total. The predicted molar refractivity (Wildman–Crippen MR) is 87.0 cm³/mol. The molecule has 0 saturated carbocycles. The second kappa shape index (κ2) is 6.66. The molecule has 1 aromatic carbocycles. The number of benzene rings is 1. The van der Waals surface area contributed by atoms with E-state index in [9.17, 15) is 0 Å². The molecule has 0 amide bonds. The third kappa shape index (κ3) is 3.11. The lowest BCUT2D eigenvalue weighted by Crippen LogP contribution is -2.11. The van der Waals surface area contributed by atoms with Gasteiger partial charge in [0.05, 0.1) is 20.5 Å². The topological polar surface area (TPSA) is 88.3 Å². The minimum atomic E-state index is 0.482. The van der Waals surface area contributed by atoms with E-state index < -0.39 is 0 Å². The molecule has 0 aliphatic carbocycles. The quantitative estimate of drug-likeness (QED) is 0.548. The number of nitrogen functional groups attached to an aromatic ring is 1. The standard InChI is InChI=1S/C15H16N4O3S/c1-20-11-5-6-12(21-2)10(8-11)9-23-15-18-17-14(19(15)16)13-4-3-7-22-13/h3-8H,9,16H2,1-2H3. The monoisotopic (exact) mass is 332 g/mol. The number of nitrogens with zero attached hydrogens (tertiary/aromatic N) is 3. The van der Waals surface area contributed by atoms with Crippen molar-refractivity contribution in [2.45, 2.75) is 10.9 Å². The van der Waals surface area contributed by atoms with Crippen LogP contribution in [0.4, 0.5) is 0 Å². The molecule has 0 atom stereocenters. The molecule has 120 valence electrons. The first kappa shape index (κ1) is 15.3. The Morgan fingerprint density at radius 1 is 1.22 bits per heavy atom. The van der Waals surface area contributed by atoms with Crippen LogP contribution >= 0.6 is 11.8 Å². The fourth-order valence-corrected chi connectivity index (χ4v) is 2.92. The van der Waals surface area contributed by atoms with E-state index in [2.05, 4.69) is 10.2 Å². The molecule has 0 aliphatic heterocycles. The Hall–Kier alpha value is -2.61. The third-order valence-electron chi connectivity index (χ3n) is 3.25. The van der Waals surface area contributed by atoms with E-state index >= 15 is 0 Å². The second-order valence-electron chi connectivity index (χ2n) is 4.62. The van der Waals surface area contributed by atoms with Gasteiger partial charge in [0, 0.05) is 11.3 Å². The van der Waals surface area contributed by atoms with Gasteiger partial charge in [-0.05, 0) is 30.3 Å². The zero-order valence-corrected chi connectivity index (χ0v) is 13.5. The maximum atomic E-state index is 6.04. The van der Waals surface area contributed by atoms with Crippen LogP contribution in [0.3, 0.4) is 0 Å². The summed E-state index contributed by atoms with van der Waals surface area (Å²) >= 11 is 1.45. The van der Waals surface area contributed by atoms with Crippen LogP contribution in [0, 0.1) is 0 Å². The number of furan rings is 1. The van der Waals surface area contributed by atoms with Gasteiger partial charge in [0.2, 0.25) is 11.0 Å². The van der Waals surface area contributed by atoms with Crippen LogP contribution in [0.1, 0.15) is 5.56 Å². The first-order valence-corrected chi connectivity index (χ1v) is 7.79. The molecule has 0 saturated heterocycles. The molecule has 2 heterocycles. The Bertz CT molecular complexity index is 786. The van der Waals surface area contributed by atoms with Gasteiger partial charge in [-0.3, -0.25) is 0 Å². The Morgan fingerprint density at radius 3 is 2.78 bits per heavy atom. The molecule has 23 heavy (non-hydrogen) atoms. The lowest BCUT2D eigenvalue weighted by atomic mass is 10.2. The summed E-state index contributed by atoms with van der Waals surface area (Å²) in [6.07, 6.45) is 1.57. The molecule has 0 aliphatic rings. The van der Waals surface area contributed by atoms with Gasteiger partial charge in [-0.1, -0.05) is 11.8 Å². The van der Waals surface area contributed by atoms with Crippen LogP contribution < -0.4 is 15.3 Å².